The molecule has 13 heavy (non-hydrogen) atoms. The van der Waals surface area contributed by atoms with E-state index in [4.69, 9.17) is 11.6 Å². The third-order valence-corrected chi connectivity index (χ3v) is 2.27. The average molecular weight is 270 g/mol. The monoisotopic (exact) mass is 269 g/mol. The first-order chi connectivity index (χ1) is 6.06. The van der Waals surface area contributed by atoms with E-state index in [1.165, 1.54) is 0 Å². The average Bonchev–Trinajstić information content (AvgIpc) is 2.07. The van der Waals surface area contributed by atoms with E-state index in [-0.39, 0.29) is 20.9 Å². The van der Waals surface area contributed by atoms with Gasteiger partial charge in [0.05, 0.1) is 10.6 Å². The lowest BCUT2D eigenvalue weighted by atomic mass is 10.2. The van der Waals surface area contributed by atoms with Crippen LogP contribution in [0, 0.1) is 0 Å². The molecular formula is C7H3BrClF2NO. The maximum Gasteiger partial charge on any atom is 0.266 e. The molecule has 0 fully saturated rings. The molecule has 1 aromatic rings. The summed E-state index contributed by atoms with van der Waals surface area (Å²) >= 11 is 8.31. The Bertz CT molecular complexity index is 346. The quantitative estimate of drug-likeness (QED) is 0.610. The van der Waals surface area contributed by atoms with E-state index in [0.717, 1.165) is 6.07 Å². The van der Waals surface area contributed by atoms with Gasteiger partial charge in [-0.3, -0.25) is 4.79 Å². The topological polar surface area (TPSA) is 30.0 Å². The molecule has 0 atom stereocenters. The van der Waals surface area contributed by atoms with E-state index in [0.29, 0.717) is 6.29 Å². The van der Waals surface area contributed by atoms with Gasteiger partial charge < -0.3 is 0 Å². The molecule has 0 radical (unpaired) electrons. The molecule has 0 aliphatic carbocycles. The van der Waals surface area contributed by atoms with E-state index in [9.17, 15) is 13.6 Å². The highest BCUT2D eigenvalue weighted by molar-refractivity contribution is 9.10. The minimum atomic E-state index is -2.67. The molecule has 0 spiro atoms. The summed E-state index contributed by atoms with van der Waals surface area (Å²) in [5.41, 5.74) is -0.381. The number of halogens is 4. The van der Waals surface area contributed by atoms with Crippen molar-refractivity contribution in [1.29, 1.82) is 0 Å². The third kappa shape index (κ3) is 2.22. The van der Waals surface area contributed by atoms with Crippen LogP contribution in [0.2, 0.25) is 5.02 Å². The molecule has 70 valence electrons. The Morgan fingerprint density at radius 2 is 2.23 bits per heavy atom. The van der Waals surface area contributed by atoms with Crippen LogP contribution in [0.5, 0.6) is 0 Å². The number of hydrogen-bond acceptors (Lipinski definition) is 2. The molecular weight excluding hydrogens is 267 g/mol. The number of alkyl halides is 2. The van der Waals surface area contributed by atoms with Gasteiger partial charge in [0.15, 0.2) is 6.29 Å². The second kappa shape index (κ2) is 4.11. The Morgan fingerprint density at radius 3 is 2.69 bits per heavy atom. The first kappa shape index (κ1) is 10.5. The summed E-state index contributed by atoms with van der Waals surface area (Å²) < 4.78 is 24.4. The highest BCUT2D eigenvalue weighted by Crippen LogP contribution is 2.29. The van der Waals surface area contributed by atoms with Gasteiger partial charge in [-0.15, -0.1) is 0 Å². The van der Waals surface area contributed by atoms with Crippen molar-refractivity contribution < 1.29 is 13.6 Å². The van der Waals surface area contributed by atoms with Crippen LogP contribution in [-0.2, 0) is 0 Å². The summed E-state index contributed by atoms with van der Waals surface area (Å²) in [7, 11) is 0. The molecule has 0 N–H and O–H groups in total. The molecule has 2 nitrogen and oxygen atoms in total. The van der Waals surface area contributed by atoms with Crippen LogP contribution in [0.3, 0.4) is 0 Å². The van der Waals surface area contributed by atoms with E-state index in [2.05, 4.69) is 20.9 Å². The predicted molar refractivity (Wildman–Crippen MR) is 47.3 cm³/mol. The number of aromatic nitrogens is 1. The number of hydrogen-bond donors (Lipinski definition) is 0. The van der Waals surface area contributed by atoms with Crippen molar-refractivity contribution in [1.82, 2.24) is 4.98 Å². The molecule has 0 saturated heterocycles. The fraction of sp³-hybridized carbons (Fsp3) is 0.143. The maximum absolute atomic E-state index is 12.2. The van der Waals surface area contributed by atoms with Gasteiger partial charge in [0.1, 0.15) is 10.3 Å². The van der Waals surface area contributed by atoms with Crippen LogP contribution in [0.15, 0.2) is 10.7 Å². The van der Waals surface area contributed by atoms with Crippen LogP contribution in [0.25, 0.3) is 0 Å². The number of carbonyl (C=O) groups excluding carboxylic acids is 1. The third-order valence-electron chi connectivity index (χ3n) is 1.33. The Labute approximate surface area is 86.0 Å². The summed E-state index contributed by atoms with van der Waals surface area (Å²) in [5.74, 6) is 0. The van der Waals surface area contributed by atoms with Gasteiger partial charge in [-0.25, -0.2) is 13.8 Å². The van der Waals surface area contributed by atoms with E-state index in [1.54, 1.807) is 0 Å². The molecule has 0 amide bonds. The van der Waals surface area contributed by atoms with E-state index < -0.39 is 6.43 Å². The summed E-state index contributed by atoms with van der Waals surface area (Å²) in [6.45, 7) is 0. The molecule has 0 bridgehead atoms. The van der Waals surface area contributed by atoms with Crippen molar-refractivity contribution >= 4 is 33.8 Å². The summed E-state index contributed by atoms with van der Waals surface area (Å²) in [4.78, 5) is 13.9. The van der Waals surface area contributed by atoms with E-state index in [1.807, 2.05) is 0 Å². The standard InChI is InChI=1S/C7H3BrClF2NO/c8-6-3(7(10)11)1-4(9)5(2-13)12-6/h1-2,7H. The van der Waals surface area contributed by atoms with Crippen LogP contribution >= 0.6 is 27.5 Å². The normalized spacial score (nSPS) is 10.5. The van der Waals surface area contributed by atoms with Crippen molar-refractivity contribution in [2.24, 2.45) is 0 Å². The first-order valence-electron chi connectivity index (χ1n) is 3.15. The van der Waals surface area contributed by atoms with Crippen molar-refractivity contribution in [3.05, 3.63) is 26.9 Å². The summed E-state index contributed by atoms with van der Waals surface area (Å²) in [6, 6.07) is 1.02. The lowest BCUT2D eigenvalue weighted by Crippen LogP contribution is -1.95. The van der Waals surface area contributed by atoms with Gasteiger partial charge >= 0.3 is 0 Å². The van der Waals surface area contributed by atoms with Gasteiger partial charge in [0, 0.05) is 0 Å². The Kier molecular flexibility index (Phi) is 3.33. The van der Waals surface area contributed by atoms with Crippen LogP contribution in [-0.4, -0.2) is 11.3 Å². The summed E-state index contributed by atoms with van der Waals surface area (Å²) in [6.07, 6.45) is -2.26. The molecule has 0 aliphatic rings. The molecule has 0 saturated carbocycles. The molecule has 6 heteroatoms. The van der Waals surface area contributed by atoms with Gasteiger partial charge in [-0.05, 0) is 22.0 Å². The number of nitrogens with zero attached hydrogens (tertiary/aromatic N) is 1. The number of carbonyl (C=O) groups is 1. The molecule has 0 unspecified atom stereocenters. The van der Waals surface area contributed by atoms with Crippen LogP contribution in [0.4, 0.5) is 8.78 Å². The smallest absolute Gasteiger partial charge is 0.266 e. The lowest BCUT2D eigenvalue weighted by molar-refractivity contribution is 0.111. The van der Waals surface area contributed by atoms with Crippen molar-refractivity contribution in [2.45, 2.75) is 6.43 Å². The fourth-order valence-electron chi connectivity index (χ4n) is 0.729. The largest absolute Gasteiger partial charge is 0.296 e. The predicted octanol–water partition coefficient (Wildman–Crippen LogP) is 3.25. The van der Waals surface area contributed by atoms with Crippen molar-refractivity contribution in [3.63, 3.8) is 0 Å². The molecule has 1 rings (SSSR count). The van der Waals surface area contributed by atoms with Gasteiger partial charge in [-0.2, -0.15) is 0 Å². The summed E-state index contributed by atoms with van der Waals surface area (Å²) in [5, 5.41) is -0.0755. The highest BCUT2D eigenvalue weighted by atomic mass is 79.9. The first-order valence-corrected chi connectivity index (χ1v) is 4.32. The molecule has 0 aliphatic heterocycles. The molecule has 1 heterocycles. The zero-order valence-electron chi connectivity index (χ0n) is 6.10. The van der Waals surface area contributed by atoms with Gasteiger partial charge in [0.25, 0.3) is 6.43 Å². The fourth-order valence-corrected chi connectivity index (χ4v) is 1.41. The van der Waals surface area contributed by atoms with Gasteiger partial charge in [-0.1, -0.05) is 11.6 Å². The number of rotatable bonds is 2. The molecule has 0 aromatic carbocycles. The highest BCUT2D eigenvalue weighted by Gasteiger charge is 2.15. The van der Waals surface area contributed by atoms with Crippen molar-refractivity contribution in [2.75, 3.05) is 0 Å². The second-order valence-electron chi connectivity index (χ2n) is 2.15. The number of pyridine rings is 1. The van der Waals surface area contributed by atoms with Crippen molar-refractivity contribution in [3.8, 4) is 0 Å². The number of aldehydes is 1. The minimum Gasteiger partial charge on any atom is -0.296 e. The Balaban J connectivity index is 3.28. The van der Waals surface area contributed by atoms with E-state index >= 15 is 0 Å². The molecule has 1 aromatic heterocycles. The zero-order chi connectivity index (χ0) is 10.0. The SMILES string of the molecule is O=Cc1nc(Br)c(C(F)F)cc1Cl. The van der Waals surface area contributed by atoms with Gasteiger partial charge in [0.2, 0.25) is 0 Å². The Morgan fingerprint density at radius 1 is 1.62 bits per heavy atom. The van der Waals surface area contributed by atoms with Crippen LogP contribution < -0.4 is 0 Å². The lowest BCUT2D eigenvalue weighted by Gasteiger charge is -2.03. The minimum absolute atomic E-state index is 0.0575. The second-order valence-corrected chi connectivity index (χ2v) is 3.31. The Hall–Kier alpha value is -0.550. The maximum atomic E-state index is 12.2. The zero-order valence-corrected chi connectivity index (χ0v) is 8.44. The van der Waals surface area contributed by atoms with Crippen LogP contribution in [0.1, 0.15) is 22.5 Å².